The van der Waals surface area contributed by atoms with Gasteiger partial charge in [0.05, 0.1) is 13.2 Å². The van der Waals surface area contributed by atoms with Crippen molar-refractivity contribution in [3.63, 3.8) is 0 Å². The molecule has 0 aliphatic heterocycles. The van der Waals surface area contributed by atoms with E-state index in [4.69, 9.17) is 15.3 Å². The van der Waals surface area contributed by atoms with E-state index in [1.165, 1.54) is 0 Å². The minimum atomic E-state index is -2.45. The predicted molar refractivity (Wildman–Crippen MR) is 74.0 cm³/mol. The van der Waals surface area contributed by atoms with Crippen LogP contribution in [0.2, 0.25) is 0 Å². The molecule has 0 bridgehead atoms. The van der Waals surface area contributed by atoms with Gasteiger partial charge in [0, 0.05) is 12.2 Å². The Bertz CT molecular complexity index is 428. The average molecular weight is 288 g/mol. The molecule has 0 amide bonds. The first kappa shape index (κ1) is 16.8. The zero-order chi connectivity index (χ0) is 15.1. The van der Waals surface area contributed by atoms with Gasteiger partial charge in [-0.15, -0.1) is 0 Å². The van der Waals surface area contributed by atoms with Crippen molar-refractivity contribution in [2.75, 3.05) is 20.3 Å². The predicted octanol–water partition coefficient (Wildman–Crippen LogP) is 2.49. The normalized spacial score (nSPS) is 12.8. The van der Waals surface area contributed by atoms with E-state index in [1.807, 2.05) is 26.0 Å². The Labute approximate surface area is 118 Å². The summed E-state index contributed by atoms with van der Waals surface area (Å²) in [6, 6.07) is 3.75. The summed E-state index contributed by atoms with van der Waals surface area (Å²) in [5.41, 5.74) is 5.76. The van der Waals surface area contributed by atoms with E-state index >= 15 is 0 Å². The monoisotopic (exact) mass is 288 g/mol. The number of hydrazine groups is 1. The zero-order valence-corrected chi connectivity index (χ0v) is 12.1. The van der Waals surface area contributed by atoms with Gasteiger partial charge in [-0.3, -0.25) is 11.3 Å². The zero-order valence-electron chi connectivity index (χ0n) is 12.1. The van der Waals surface area contributed by atoms with E-state index in [0.717, 1.165) is 22.4 Å². The number of ether oxygens (including phenoxy) is 2. The Balaban J connectivity index is 2.79. The quantitative estimate of drug-likeness (QED) is 0.438. The fraction of sp³-hybridized carbons (Fsp3) is 0.571. The Hall–Kier alpha value is -1.24. The summed E-state index contributed by atoms with van der Waals surface area (Å²) >= 11 is 0. The molecule has 0 aliphatic carbocycles. The van der Waals surface area contributed by atoms with Gasteiger partial charge < -0.3 is 9.47 Å². The molecule has 114 valence electrons. The van der Waals surface area contributed by atoms with Crippen LogP contribution in [0.25, 0.3) is 0 Å². The fourth-order valence-electron chi connectivity index (χ4n) is 2.24. The molecule has 0 fully saturated rings. The Kier molecular flexibility index (Phi) is 6.84. The summed E-state index contributed by atoms with van der Waals surface area (Å²) in [6.07, 6.45) is -1.96. The first-order chi connectivity index (χ1) is 9.49. The molecule has 0 radical (unpaired) electrons. The number of aryl methyl sites for hydroxylation is 2. The maximum absolute atomic E-state index is 12.0. The second-order valence-corrected chi connectivity index (χ2v) is 4.67. The van der Waals surface area contributed by atoms with Crippen molar-refractivity contribution >= 4 is 0 Å². The van der Waals surface area contributed by atoms with Crippen LogP contribution in [0.1, 0.15) is 29.2 Å². The van der Waals surface area contributed by atoms with E-state index < -0.39 is 13.0 Å². The summed E-state index contributed by atoms with van der Waals surface area (Å²) in [7, 11) is 1.60. The second-order valence-electron chi connectivity index (χ2n) is 4.67. The first-order valence-corrected chi connectivity index (χ1v) is 6.46. The molecule has 0 saturated heterocycles. The van der Waals surface area contributed by atoms with Crippen molar-refractivity contribution in [1.82, 2.24) is 5.43 Å². The number of rotatable bonds is 8. The van der Waals surface area contributed by atoms with Gasteiger partial charge in [0.25, 0.3) is 6.43 Å². The molecular formula is C14H22F2N2O2. The Morgan fingerprint density at radius 1 is 1.30 bits per heavy atom. The summed E-state index contributed by atoms with van der Waals surface area (Å²) < 4.78 is 34.3. The first-order valence-electron chi connectivity index (χ1n) is 6.46. The van der Waals surface area contributed by atoms with Gasteiger partial charge in [-0.1, -0.05) is 6.07 Å². The van der Waals surface area contributed by atoms with Gasteiger partial charge in [0.2, 0.25) is 0 Å². The lowest BCUT2D eigenvalue weighted by molar-refractivity contribution is 0.0143. The number of hydrogen-bond donors (Lipinski definition) is 2. The summed E-state index contributed by atoms with van der Waals surface area (Å²) in [4.78, 5) is 0. The molecule has 6 heteroatoms. The van der Waals surface area contributed by atoms with Crippen molar-refractivity contribution in [3.8, 4) is 5.75 Å². The van der Waals surface area contributed by atoms with Crippen LogP contribution in [0.3, 0.4) is 0 Å². The molecule has 0 spiro atoms. The van der Waals surface area contributed by atoms with E-state index in [2.05, 4.69) is 5.43 Å². The van der Waals surface area contributed by atoms with Crippen LogP contribution >= 0.6 is 0 Å². The SMILES string of the molecule is COc1cc(C)cc(C)c1C(CCOCC(F)F)NN. The van der Waals surface area contributed by atoms with Crippen LogP contribution in [0.15, 0.2) is 12.1 Å². The molecule has 0 aromatic heterocycles. The van der Waals surface area contributed by atoms with E-state index in [-0.39, 0.29) is 12.6 Å². The van der Waals surface area contributed by atoms with Gasteiger partial charge in [0.15, 0.2) is 0 Å². The molecule has 1 rings (SSSR count). The highest BCUT2D eigenvalue weighted by Crippen LogP contribution is 2.31. The van der Waals surface area contributed by atoms with Crippen LogP contribution < -0.4 is 16.0 Å². The number of nitrogens with two attached hydrogens (primary N) is 1. The van der Waals surface area contributed by atoms with E-state index in [9.17, 15) is 8.78 Å². The fourth-order valence-corrected chi connectivity index (χ4v) is 2.24. The lowest BCUT2D eigenvalue weighted by Gasteiger charge is -2.22. The molecule has 1 aromatic carbocycles. The van der Waals surface area contributed by atoms with Crippen molar-refractivity contribution in [1.29, 1.82) is 0 Å². The molecule has 0 heterocycles. The number of methoxy groups -OCH3 is 1. The summed E-state index contributed by atoms with van der Waals surface area (Å²) in [5, 5.41) is 0. The lowest BCUT2D eigenvalue weighted by atomic mass is 9.96. The van der Waals surface area contributed by atoms with Crippen LogP contribution in [0.5, 0.6) is 5.75 Å². The molecule has 3 N–H and O–H groups in total. The van der Waals surface area contributed by atoms with Crippen molar-refractivity contribution in [3.05, 3.63) is 28.8 Å². The Morgan fingerprint density at radius 2 is 2.00 bits per heavy atom. The smallest absolute Gasteiger partial charge is 0.261 e. The minimum Gasteiger partial charge on any atom is -0.496 e. The topological polar surface area (TPSA) is 56.5 Å². The van der Waals surface area contributed by atoms with Crippen LogP contribution in [-0.4, -0.2) is 26.7 Å². The van der Waals surface area contributed by atoms with Crippen molar-refractivity contribution in [2.24, 2.45) is 5.84 Å². The molecule has 4 nitrogen and oxygen atoms in total. The molecule has 1 atom stereocenters. The van der Waals surface area contributed by atoms with Gasteiger partial charge in [-0.05, 0) is 37.5 Å². The highest BCUT2D eigenvalue weighted by Gasteiger charge is 2.18. The third kappa shape index (κ3) is 4.70. The third-order valence-corrected chi connectivity index (χ3v) is 3.06. The molecular weight excluding hydrogens is 266 g/mol. The number of halogens is 2. The average Bonchev–Trinajstić information content (AvgIpc) is 2.39. The van der Waals surface area contributed by atoms with E-state index in [0.29, 0.717) is 6.42 Å². The maximum Gasteiger partial charge on any atom is 0.261 e. The lowest BCUT2D eigenvalue weighted by Crippen LogP contribution is -2.30. The molecule has 20 heavy (non-hydrogen) atoms. The minimum absolute atomic E-state index is 0.204. The van der Waals surface area contributed by atoms with Crippen molar-refractivity contribution in [2.45, 2.75) is 32.7 Å². The standard InChI is InChI=1S/C14H22F2N2O2/c1-9-6-10(2)14(12(7-9)19-3)11(18-17)4-5-20-8-13(15)16/h6-7,11,13,18H,4-5,8,17H2,1-3H3. The van der Waals surface area contributed by atoms with Crippen LogP contribution in [-0.2, 0) is 4.74 Å². The molecule has 1 aromatic rings. The van der Waals surface area contributed by atoms with Gasteiger partial charge in [-0.2, -0.15) is 0 Å². The molecule has 0 saturated carbocycles. The summed E-state index contributed by atoms with van der Waals surface area (Å²) in [6.45, 7) is 3.60. The van der Waals surface area contributed by atoms with Crippen LogP contribution in [0.4, 0.5) is 8.78 Å². The van der Waals surface area contributed by atoms with E-state index in [1.54, 1.807) is 7.11 Å². The third-order valence-electron chi connectivity index (χ3n) is 3.06. The van der Waals surface area contributed by atoms with Crippen molar-refractivity contribution < 1.29 is 18.3 Å². The van der Waals surface area contributed by atoms with Gasteiger partial charge in [0.1, 0.15) is 12.4 Å². The highest BCUT2D eigenvalue weighted by molar-refractivity contribution is 5.45. The number of benzene rings is 1. The molecule has 1 unspecified atom stereocenters. The highest BCUT2D eigenvalue weighted by atomic mass is 19.3. The van der Waals surface area contributed by atoms with Gasteiger partial charge >= 0.3 is 0 Å². The largest absolute Gasteiger partial charge is 0.496 e. The Morgan fingerprint density at radius 3 is 2.55 bits per heavy atom. The van der Waals surface area contributed by atoms with Gasteiger partial charge in [-0.25, -0.2) is 8.78 Å². The second kappa shape index (κ2) is 8.14. The van der Waals surface area contributed by atoms with Crippen LogP contribution in [0, 0.1) is 13.8 Å². The maximum atomic E-state index is 12.0. The number of nitrogens with one attached hydrogen (secondary N) is 1. The summed E-state index contributed by atoms with van der Waals surface area (Å²) in [5.74, 6) is 6.30. The molecule has 0 aliphatic rings. The number of alkyl halides is 2. The number of hydrogen-bond acceptors (Lipinski definition) is 4.